The van der Waals surface area contributed by atoms with Crippen molar-refractivity contribution in [2.75, 3.05) is 5.75 Å². The van der Waals surface area contributed by atoms with Crippen LogP contribution < -0.4 is 0 Å². The summed E-state index contributed by atoms with van der Waals surface area (Å²) in [6.07, 6.45) is 8.56. The summed E-state index contributed by atoms with van der Waals surface area (Å²) < 4.78 is 5.64. The van der Waals surface area contributed by atoms with Crippen LogP contribution >= 0.6 is 11.8 Å². The molecule has 1 unspecified atom stereocenters. The van der Waals surface area contributed by atoms with Crippen molar-refractivity contribution in [3.05, 3.63) is 24.5 Å². The highest BCUT2D eigenvalue weighted by Gasteiger charge is 2.27. The lowest BCUT2D eigenvalue weighted by atomic mass is 10.1. The van der Waals surface area contributed by atoms with Crippen LogP contribution in [0.15, 0.2) is 24.5 Å². The molecule has 0 saturated heterocycles. The fraction of sp³-hybridized carbons (Fsp3) is 0.667. The number of hydrogen-bond donors (Lipinski definition) is 0. The third-order valence-electron chi connectivity index (χ3n) is 2.32. The lowest BCUT2D eigenvalue weighted by molar-refractivity contribution is 0.121. The van der Waals surface area contributed by atoms with Crippen LogP contribution in [-0.2, 0) is 4.74 Å². The van der Waals surface area contributed by atoms with Gasteiger partial charge in [-0.1, -0.05) is 26.3 Å². The Morgan fingerprint density at radius 1 is 1.57 bits per heavy atom. The molecule has 1 rings (SSSR count). The van der Waals surface area contributed by atoms with Crippen molar-refractivity contribution in [2.45, 2.75) is 44.5 Å². The van der Waals surface area contributed by atoms with Crippen molar-refractivity contribution in [3.8, 4) is 0 Å². The first kappa shape index (κ1) is 11.7. The van der Waals surface area contributed by atoms with Gasteiger partial charge in [0.05, 0.1) is 6.26 Å². The van der Waals surface area contributed by atoms with E-state index in [2.05, 4.69) is 20.4 Å². The number of thioether (sulfide) groups is 1. The fourth-order valence-corrected chi connectivity index (χ4v) is 2.70. The molecule has 0 radical (unpaired) electrons. The summed E-state index contributed by atoms with van der Waals surface area (Å²) in [5.41, 5.74) is 1.17. The Morgan fingerprint density at radius 2 is 2.36 bits per heavy atom. The maximum absolute atomic E-state index is 5.64. The minimum atomic E-state index is -0.0699. The SMILES string of the molecule is C=C1C=COC(C)(SCCCCC)C1. The van der Waals surface area contributed by atoms with Crippen molar-refractivity contribution in [1.82, 2.24) is 0 Å². The van der Waals surface area contributed by atoms with Crippen LogP contribution in [0.2, 0.25) is 0 Å². The zero-order chi connectivity index (χ0) is 10.4. The second-order valence-electron chi connectivity index (χ2n) is 3.95. The van der Waals surface area contributed by atoms with Gasteiger partial charge in [-0.25, -0.2) is 0 Å². The Kier molecular flexibility index (Phi) is 4.59. The van der Waals surface area contributed by atoms with Crippen LogP contribution in [0.4, 0.5) is 0 Å². The molecule has 0 N–H and O–H groups in total. The maximum Gasteiger partial charge on any atom is 0.154 e. The van der Waals surface area contributed by atoms with Gasteiger partial charge in [-0.05, 0) is 30.7 Å². The van der Waals surface area contributed by atoms with Gasteiger partial charge in [0, 0.05) is 6.42 Å². The third-order valence-corrected chi connectivity index (χ3v) is 3.67. The van der Waals surface area contributed by atoms with E-state index in [0.29, 0.717) is 0 Å². The summed E-state index contributed by atoms with van der Waals surface area (Å²) in [6.45, 7) is 8.36. The summed E-state index contributed by atoms with van der Waals surface area (Å²) in [6, 6.07) is 0. The van der Waals surface area contributed by atoms with Gasteiger partial charge in [-0.3, -0.25) is 0 Å². The highest BCUT2D eigenvalue weighted by atomic mass is 32.2. The second kappa shape index (κ2) is 5.50. The number of allylic oxidation sites excluding steroid dienone is 1. The molecule has 1 aliphatic heterocycles. The number of rotatable bonds is 5. The zero-order valence-corrected chi connectivity index (χ0v) is 10.0. The first-order chi connectivity index (χ1) is 6.66. The molecular weight excluding hydrogens is 192 g/mol. The average Bonchev–Trinajstić information content (AvgIpc) is 2.12. The lowest BCUT2D eigenvalue weighted by Gasteiger charge is -2.31. The van der Waals surface area contributed by atoms with Crippen molar-refractivity contribution < 1.29 is 4.74 Å². The van der Waals surface area contributed by atoms with Crippen molar-refractivity contribution in [2.24, 2.45) is 0 Å². The molecule has 0 aromatic carbocycles. The van der Waals surface area contributed by atoms with Crippen LogP contribution in [0.25, 0.3) is 0 Å². The summed E-state index contributed by atoms with van der Waals surface area (Å²) >= 11 is 1.91. The minimum absolute atomic E-state index is 0.0699. The largest absolute Gasteiger partial charge is 0.484 e. The molecule has 1 atom stereocenters. The van der Waals surface area contributed by atoms with E-state index in [4.69, 9.17) is 4.74 Å². The smallest absolute Gasteiger partial charge is 0.154 e. The zero-order valence-electron chi connectivity index (χ0n) is 9.21. The minimum Gasteiger partial charge on any atom is -0.484 e. The van der Waals surface area contributed by atoms with E-state index in [1.54, 1.807) is 6.26 Å². The van der Waals surface area contributed by atoms with E-state index in [1.165, 1.54) is 30.6 Å². The molecule has 80 valence electrons. The first-order valence-corrected chi connectivity index (χ1v) is 6.31. The molecule has 14 heavy (non-hydrogen) atoms. The van der Waals surface area contributed by atoms with Crippen LogP contribution in [-0.4, -0.2) is 10.7 Å². The van der Waals surface area contributed by atoms with E-state index in [9.17, 15) is 0 Å². The molecule has 1 aliphatic rings. The quantitative estimate of drug-likeness (QED) is 0.634. The highest BCUT2D eigenvalue weighted by Crippen LogP contribution is 2.36. The van der Waals surface area contributed by atoms with Gasteiger partial charge in [0.1, 0.15) is 0 Å². The highest BCUT2D eigenvalue weighted by molar-refractivity contribution is 8.00. The summed E-state index contributed by atoms with van der Waals surface area (Å²) in [5, 5.41) is 0. The van der Waals surface area contributed by atoms with Crippen molar-refractivity contribution in [1.29, 1.82) is 0 Å². The summed E-state index contributed by atoms with van der Waals surface area (Å²) in [4.78, 5) is -0.0699. The number of ether oxygens (including phenoxy) is 1. The molecule has 0 spiro atoms. The number of unbranched alkanes of at least 4 members (excludes halogenated alkanes) is 2. The van der Waals surface area contributed by atoms with Gasteiger partial charge in [-0.15, -0.1) is 11.8 Å². The average molecular weight is 212 g/mol. The number of hydrogen-bond acceptors (Lipinski definition) is 2. The summed E-state index contributed by atoms with van der Waals surface area (Å²) in [7, 11) is 0. The molecule has 0 fully saturated rings. The molecule has 0 saturated carbocycles. The first-order valence-electron chi connectivity index (χ1n) is 5.32. The summed E-state index contributed by atoms with van der Waals surface area (Å²) in [5.74, 6) is 1.19. The van der Waals surface area contributed by atoms with E-state index in [-0.39, 0.29) is 4.93 Å². The van der Waals surface area contributed by atoms with Gasteiger partial charge in [-0.2, -0.15) is 0 Å². The van der Waals surface area contributed by atoms with Crippen LogP contribution in [0.1, 0.15) is 39.5 Å². The predicted octanol–water partition coefficient (Wildman–Crippen LogP) is 4.12. The van der Waals surface area contributed by atoms with E-state index < -0.39 is 0 Å². The molecule has 0 aliphatic carbocycles. The van der Waals surface area contributed by atoms with Crippen molar-refractivity contribution in [3.63, 3.8) is 0 Å². The molecule has 1 heterocycles. The van der Waals surface area contributed by atoms with Crippen LogP contribution in [0.3, 0.4) is 0 Å². The van der Waals surface area contributed by atoms with E-state index in [1.807, 2.05) is 17.8 Å². The molecule has 0 bridgehead atoms. The Hall–Kier alpha value is -0.370. The van der Waals surface area contributed by atoms with Gasteiger partial charge in [0.25, 0.3) is 0 Å². The predicted molar refractivity (Wildman–Crippen MR) is 64.4 cm³/mol. The van der Waals surface area contributed by atoms with Crippen LogP contribution in [0, 0.1) is 0 Å². The Balaban J connectivity index is 2.28. The Bertz CT molecular complexity index is 222. The normalized spacial score (nSPS) is 26.3. The van der Waals surface area contributed by atoms with Crippen LogP contribution in [0.5, 0.6) is 0 Å². The maximum atomic E-state index is 5.64. The Labute approximate surface area is 91.6 Å². The molecule has 0 aromatic heterocycles. The van der Waals surface area contributed by atoms with Gasteiger partial charge in [0.15, 0.2) is 4.93 Å². The van der Waals surface area contributed by atoms with E-state index in [0.717, 1.165) is 6.42 Å². The molecule has 0 amide bonds. The molecule has 0 aromatic rings. The lowest BCUT2D eigenvalue weighted by Crippen LogP contribution is -2.25. The topological polar surface area (TPSA) is 9.23 Å². The fourth-order valence-electron chi connectivity index (χ4n) is 1.51. The van der Waals surface area contributed by atoms with E-state index >= 15 is 0 Å². The van der Waals surface area contributed by atoms with Gasteiger partial charge >= 0.3 is 0 Å². The monoisotopic (exact) mass is 212 g/mol. The third kappa shape index (κ3) is 3.79. The van der Waals surface area contributed by atoms with Crippen molar-refractivity contribution >= 4 is 11.8 Å². The Morgan fingerprint density at radius 3 is 3.00 bits per heavy atom. The van der Waals surface area contributed by atoms with Gasteiger partial charge in [0.2, 0.25) is 0 Å². The molecule has 1 nitrogen and oxygen atoms in total. The standard InChI is InChI=1S/C12H20OS/c1-4-5-6-9-14-12(3)10-11(2)7-8-13-12/h7-8H,2,4-6,9-10H2,1,3H3. The molecular formula is C12H20OS. The molecule has 2 heteroatoms. The van der Waals surface area contributed by atoms with Gasteiger partial charge < -0.3 is 4.74 Å². The second-order valence-corrected chi connectivity index (χ2v) is 5.51.